The summed E-state index contributed by atoms with van der Waals surface area (Å²) >= 11 is 0. The Morgan fingerprint density at radius 1 is 1.24 bits per heavy atom. The lowest BCUT2D eigenvalue weighted by Crippen LogP contribution is -2.40. The number of morpholine rings is 1. The van der Waals surface area contributed by atoms with E-state index in [1.165, 1.54) is 12.8 Å². The zero-order valence-corrected chi connectivity index (χ0v) is 18.6. The van der Waals surface area contributed by atoms with Crippen molar-refractivity contribution in [3.63, 3.8) is 0 Å². The highest BCUT2D eigenvalue weighted by Gasteiger charge is 2.14. The van der Waals surface area contributed by atoms with Crippen LogP contribution in [0.1, 0.15) is 20.8 Å². The van der Waals surface area contributed by atoms with E-state index in [1.54, 1.807) is 6.92 Å². The molecule has 1 saturated heterocycles. The Morgan fingerprint density at radius 2 is 1.90 bits per heavy atom. The molecule has 164 valence electrons. The number of hydrogen-bond acceptors (Lipinski definition) is 6. The fraction of sp³-hybridized carbons (Fsp3) is 0.591. The lowest BCUT2D eigenvalue weighted by Gasteiger charge is -2.29. The molecule has 2 heterocycles. The van der Waals surface area contributed by atoms with Gasteiger partial charge < -0.3 is 24.0 Å². The van der Waals surface area contributed by atoms with E-state index >= 15 is 0 Å². The van der Waals surface area contributed by atoms with Gasteiger partial charge in [0.1, 0.15) is 6.54 Å². The number of carbonyl (C=O) groups is 1. The molecule has 0 aliphatic carbocycles. The van der Waals surface area contributed by atoms with E-state index < -0.39 is 0 Å². The number of rotatable bonds is 6. The van der Waals surface area contributed by atoms with Gasteiger partial charge in [-0.1, -0.05) is 19.9 Å². The van der Waals surface area contributed by atoms with Gasteiger partial charge in [0.15, 0.2) is 0 Å². The first kappa shape index (κ1) is 24.9. The lowest BCUT2D eigenvalue weighted by atomic mass is 10.2. The molecular formula is C22H37N3O4. The van der Waals surface area contributed by atoms with Crippen LogP contribution in [0.25, 0.3) is 10.9 Å². The summed E-state index contributed by atoms with van der Waals surface area (Å²) in [5.74, 6) is -0.237. The standard InChI is InChI=1S/C18H25N3O3.C2H6O.C2H6/c1-19(8-9-20-10-12-24-13-11-20)16-4-3-5-17-15(16)6-7-21(17)14-18(22)23-2;1-2-3;1-2/h3-7H,8-14H2,1-2H3;3H,2H2,1H3;1-2H3. The minimum absolute atomic E-state index is 0.237. The van der Waals surface area contributed by atoms with E-state index in [2.05, 4.69) is 29.0 Å². The van der Waals surface area contributed by atoms with Gasteiger partial charge in [-0.05, 0) is 25.1 Å². The average molecular weight is 408 g/mol. The van der Waals surface area contributed by atoms with Gasteiger partial charge in [-0.2, -0.15) is 0 Å². The summed E-state index contributed by atoms with van der Waals surface area (Å²) in [6.07, 6.45) is 1.95. The molecule has 1 N–H and O–H groups in total. The molecule has 0 saturated carbocycles. The van der Waals surface area contributed by atoms with Crippen LogP contribution >= 0.6 is 0 Å². The van der Waals surface area contributed by atoms with E-state index in [4.69, 9.17) is 14.6 Å². The van der Waals surface area contributed by atoms with Crippen molar-refractivity contribution in [3.05, 3.63) is 30.5 Å². The molecule has 3 rings (SSSR count). The molecule has 0 atom stereocenters. The van der Waals surface area contributed by atoms with E-state index in [0.29, 0.717) is 0 Å². The number of carbonyl (C=O) groups excluding carboxylic acids is 1. The number of aliphatic hydroxyl groups is 1. The molecule has 0 radical (unpaired) electrons. The Hall–Kier alpha value is -2.09. The molecule has 0 spiro atoms. The van der Waals surface area contributed by atoms with Gasteiger partial charge in [0, 0.05) is 57.1 Å². The molecule has 1 aromatic carbocycles. The zero-order valence-electron chi connectivity index (χ0n) is 18.6. The number of benzene rings is 1. The predicted octanol–water partition coefficient (Wildman–Crippen LogP) is 2.61. The van der Waals surface area contributed by atoms with Crippen molar-refractivity contribution < 1.29 is 19.4 Å². The smallest absolute Gasteiger partial charge is 0.325 e. The largest absolute Gasteiger partial charge is 0.468 e. The number of anilines is 1. The highest BCUT2D eigenvalue weighted by molar-refractivity contribution is 5.93. The molecule has 1 aliphatic rings. The van der Waals surface area contributed by atoms with Crippen LogP contribution in [0.5, 0.6) is 0 Å². The molecule has 7 heteroatoms. The fourth-order valence-electron chi connectivity index (χ4n) is 3.12. The Labute approximate surface area is 174 Å². The number of ether oxygens (including phenoxy) is 2. The first-order valence-corrected chi connectivity index (χ1v) is 10.4. The molecule has 2 aromatic rings. The van der Waals surface area contributed by atoms with E-state index in [1.807, 2.05) is 36.7 Å². The fourth-order valence-corrected chi connectivity index (χ4v) is 3.12. The lowest BCUT2D eigenvalue weighted by molar-refractivity contribution is -0.141. The van der Waals surface area contributed by atoms with Crippen LogP contribution in [0.15, 0.2) is 30.5 Å². The van der Waals surface area contributed by atoms with Crippen LogP contribution in [0.3, 0.4) is 0 Å². The van der Waals surface area contributed by atoms with Gasteiger partial charge in [-0.25, -0.2) is 0 Å². The van der Waals surface area contributed by atoms with E-state index in [-0.39, 0.29) is 19.1 Å². The van der Waals surface area contributed by atoms with Gasteiger partial charge in [-0.15, -0.1) is 0 Å². The SMILES string of the molecule is CC.CCO.COC(=O)Cn1ccc2c(N(C)CCN3CCOCC3)cccc21. The normalized spacial score (nSPS) is 13.7. The Kier molecular flexibility index (Phi) is 12.0. The first-order valence-electron chi connectivity index (χ1n) is 10.4. The number of nitrogens with zero attached hydrogens (tertiary/aromatic N) is 3. The second-order valence-electron chi connectivity index (χ2n) is 6.42. The van der Waals surface area contributed by atoms with Gasteiger partial charge in [-0.3, -0.25) is 9.69 Å². The first-order chi connectivity index (χ1) is 14.1. The van der Waals surface area contributed by atoms with Crippen molar-refractivity contribution in [3.8, 4) is 0 Å². The van der Waals surface area contributed by atoms with Crippen molar-refractivity contribution in [2.75, 3.05) is 65.1 Å². The maximum atomic E-state index is 11.6. The Balaban J connectivity index is 0.000000771. The highest BCUT2D eigenvalue weighted by atomic mass is 16.5. The summed E-state index contributed by atoms with van der Waals surface area (Å²) in [6, 6.07) is 8.28. The molecule has 7 nitrogen and oxygen atoms in total. The average Bonchev–Trinajstić information content (AvgIpc) is 3.17. The molecule has 1 aliphatic heterocycles. The van der Waals surface area contributed by atoms with Crippen molar-refractivity contribution in [2.24, 2.45) is 0 Å². The molecule has 0 unspecified atom stereocenters. The van der Waals surface area contributed by atoms with Crippen LogP contribution in [0.4, 0.5) is 5.69 Å². The monoisotopic (exact) mass is 407 g/mol. The van der Waals surface area contributed by atoms with Crippen molar-refractivity contribution in [2.45, 2.75) is 27.3 Å². The van der Waals surface area contributed by atoms with Crippen LogP contribution in [-0.4, -0.2) is 80.7 Å². The van der Waals surface area contributed by atoms with Gasteiger partial charge >= 0.3 is 5.97 Å². The number of fused-ring (bicyclic) bond motifs is 1. The summed E-state index contributed by atoms with van der Waals surface area (Å²) in [5, 5.41) is 8.73. The van der Waals surface area contributed by atoms with E-state index in [0.717, 1.165) is 50.3 Å². The summed E-state index contributed by atoms with van der Waals surface area (Å²) in [4.78, 5) is 16.3. The third-order valence-electron chi connectivity index (χ3n) is 4.58. The number of methoxy groups -OCH3 is 1. The van der Waals surface area contributed by atoms with Crippen LogP contribution < -0.4 is 4.90 Å². The molecular weight excluding hydrogens is 370 g/mol. The topological polar surface area (TPSA) is 67.2 Å². The predicted molar refractivity (Wildman–Crippen MR) is 119 cm³/mol. The second kappa shape index (κ2) is 14.0. The van der Waals surface area contributed by atoms with Gasteiger partial charge in [0.05, 0.1) is 25.8 Å². The van der Waals surface area contributed by atoms with Crippen molar-refractivity contribution >= 4 is 22.6 Å². The Bertz CT molecular complexity index is 711. The molecule has 29 heavy (non-hydrogen) atoms. The third-order valence-corrected chi connectivity index (χ3v) is 4.58. The van der Waals surface area contributed by atoms with Crippen LogP contribution in [-0.2, 0) is 20.8 Å². The molecule has 1 aromatic heterocycles. The maximum absolute atomic E-state index is 11.6. The minimum Gasteiger partial charge on any atom is -0.468 e. The summed E-state index contributed by atoms with van der Waals surface area (Å²) in [7, 11) is 3.53. The van der Waals surface area contributed by atoms with Gasteiger partial charge in [0.2, 0.25) is 0 Å². The van der Waals surface area contributed by atoms with Crippen molar-refractivity contribution in [1.82, 2.24) is 9.47 Å². The zero-order chi connectivity index (χ0) is 21.6. The number of likely N-dealkylation sites (N-methyl/N-ethyl adjacent to an activating group) is 1. The number of aliphatic hydroxyl groups excluding tert-OH is 1. The van der Waals surface area contributed by atoms with Crippen molar-refractivity contribution in [1.29, 1.82) is 0 Å². The number of aromatic nitrogens is 1. The van der Waals surface area contributed by atoms with Gasteiger partial charge in [0.25, 0.3) is 0 Å². The molecule has 1 fully saturated rings. The van der Waals surface area contributed by atoms with E-state index in [9.17, 15) is 4.79 Å². The quantitative estimate of drug-likeness (QED) is 0.743. The Morgan fingerprint density at radius 3 is 2.52 bits per heavy atom. The highest BCUT2D eigenvalue weighted by Crippen LogP contribution is 2.27. The van der Waals surface area contributed by atoms with Crippen LogP contribution in [0.2, 0.25) is 0 Å². The minimum atomic E-state index is -0.237. The summed E-state index contributed by atoms with van der Waals surface area (Å²) < 4.78 is 12.1. The maximum Gasteiger partial charge on any atom is 0.325 e. The molecule has 0 amide bonds. The number of hydrogen-bond donors (Lipinski definition) is 1. The molecule has 0 bridgehead atoms. The van der Waals surface area contributed by atoms with Crippen LogP contribution in [0, 0.1) is 0 Å². The number of esters is 1. The summed E-state index contributed by atoms with van der Waals surface area (Å²) in [6.45, 7) is 11.8. The second-order valence-corrected chi connectivity index (χ2v) is 6.42. The third kappa shape index (κ3) is 7.68. The summed E-state index contributed by atoms with van der Waals surface area (Å²) in [5.41, 5.74) is 2.24.